The average molecular weight is 242 g/mol. The van der Waals surface area contributed by atoms with Crippen LogP contribution in [-0.2, 0) is 0 Å². The molecule has 17 heavy (non-hydrogen) atoms. The van der Waals surface area contributed by atoms with Gasteiger partial charge in [-0.15, -0.1) is 0 Å². The molecule has 102 valence electrons. The maximum absolute atomic E-state index is 9.60. The lowest BCUT2D eigenvalue weighted by molar-refractivity contribution is 0.0475. The second-order valence-electron chi connectivity index (χ2n) is 6.59. The summed E-state index contributed by atoms with van der Waals surface area (Å²) >= 11 is 0. The number of nitrogens with zero attached hydrogens (tertiary/aromatic N) is 1. The molecule has 0 aromatic carbocycles. The van der Waals surface area contributed by atoms with Crippen molar-refractivity contribution >= 4 is 0 Å². The lowest BCUT2D eigenvalue weighted by atomic mass is 9.94. The Morgan fingerprint density at radius 2 is 1.76 bits per heavy atom. The summed E-state index contributed by atoms with van der Waals surface area (Å²) in [4.78, 5) is 2.41. The highest BCUT2D eigenvalue weighted by atomic mass is 16.3. The third kappa shape index (κ3) is 5.36. The standard InChI is InChI=1S/C14H30N2O/c1-11(12(2)17)16-8-6-13(7-9-16)10-15-14(3,4)5/h11-13,15,17H,6-10H2,1-5H3. The largest absolute Gasteiger partial charge is 0.392 e. The Kier molecular flexibility index (Phi) is 5.42. The summed E-state index contributed by atoms with van der Waals surface area (Å²) in [5.74, 6) is 0.798. The van der Waals surface area contributed by atoms with E-state index in [2.05, 4.69) is 37.9 Å². The minimum absolute atomic E-state index is 0.223. The smallest absolute Gasteiger partial charge is 0.0664 e. The van der Waals surface area contributed by atoms with Crippen LogP contribution < -0.4 is 5.32 Å². The van der Waals surface area contributed by atoms with Crippen LogP contribution in [0, 0.1) is 5.92 Å². The summed E-state index contributed by atoms with van der Waals surface area (Å²) in [5, 5.41) is 13.2. The van der Waals surface area contributed by atoms with Gasteiger partial charge in [0.1, 0.15) is 0 Å². The number of hydrogen-bond donors (Lipinski definition) is 2. The minimum Gasteiger partial charge on any atom is -0.392 e. The third-order valence-electron chi connectivity index (χ3n) is 3.84. The molecule has 1 aliphatic rings. The fourth-order valence-electron chi connectivity index (χ4n) is 2.32. The predicted molar refractivity (Wildman–Crippen MR) is 73.2 cm³/mol. The Morgan fingerprint density at radius 1 is 1.24 bits per heavy atom. The number of aliphatic hydroxyl groups is 1. The number of likely N-dealkylation sites (tertiary alicyclic amines) is 1. The minimum atomic E-state index is -0.223. The molecular formula is C14H30N2O. The lowest BCUT2D eigenvalue weighted by Crippen LogP contribution is -2.47. The SMILES string of the molecule is CC(O)C(C)N1CCC(CNC(C)(C)C)CC1. The molecule has 1 rings (SSSR count). The van der Waals surface area contributed by atoms with E-state index in [-0.39, 0.29) is 11.6 Å². The molecule has 2 unspecified atom stereocenters. The zero-order valence-corrected chi connectivity index (χ0v) is 12.2. The molecule has 0 spiro atoms. The number of rotatable bonds is 4. The summed E-state index contributed by atoms with van der Waals surface area (Å²) in [6, 6.07) is 0.298. The van der Waals surface area contributed by atoms with Crippen molar-refractivity contribution in [2.24, 2.45) is 5.92 Å². The van der Waals surface area contributed by atoms with E-state index >= 15 is 0 Å². The first-order valence-electron chi connectivity index (χ1n) is 6.97. The van der Waals surface area contributed by atoms with Crippen LogP contribution in [0.1, 0.15) is 47.5 Å². The van der Waals surface area contributed by atoms with Crippen LogP contribution in [0.3, 0.4) is 0 Å². The van der Waals surface area contributed by atoms with Crippen molar-refractivity contribution in [3.05, 3.63) is 0 Å². The van der Waals surface area contributed by atoms with Crippen LogP contribution in [0.2, 0.25) is 0 Å². The van der Waals surface area contributed by atoms with Gasteiger partial charge in [0.2, 0.25) is 0 Å². The van der Waals surface area contributed by atoms with Crippen molar-refractivity contribution in [2.75, 3.05) is 19.6 Å². The van der Waals surface area contributed by atoms with Gasteiger partial charge in [0.05, 0.1) is 6.10 Å². The average Bonchev–Trinajstić information content (AvgIpc) is 2.25. The summed E-state index contributed by atoms with van der Waals surface area (Å²) in [6.07, 6.45) is 2.28. The van der Waals surface area contributed by atoms with Gasteiger partial charge in [-0.25, -0.2) is 0 Å². The van der Waals surface area contributed by atoms with Crippen molar-refractivity contribution in [1.29, 1.82) is 0 Å². The molecule has 1 aliphatic heterocycles. The molecule has 0 amide bonds. The van der Waals surface area contributed by atoms with Gasteiger partial charge >= 0.3 is 0 Å². The van der Waals surface area contributed by atoms with Crippen molar-refractivity contribution in [1.82, 2.24) is 10.2 Å². The number of piperidine rings is 1. The number of hydrogen-bond acceptors (Lipinski definition) is 3. The molecule has 0 aliphatic carbocycles. The van der Waals surface area contributed by atoms with Crippen molar-refractivity contribution in [3.63, 3.8) is 0 Å². The van der Waals surface area contributed by atoms with Gasteiger partial charge in [0.15, 0.2) is 0 Å². The van der Waals surface area contributed by atoms with Gasteiger partial charge in [-0.1, -0.05) is 0 Å². The van der Waals surface area contributed by atoms with Crippen LogP contribution in [0.5, 0.6) is 0 Å². The Labute approximate surface area is 107 Å². The third-order valence-corrected chi connectivity index (χ3v) is 3.84. The molecule has 1 saturated heterocycles. The normalized spacial score (nSPS) is 23.6. The second-order valence-corrected chi connectivity index (χ2v) is 6.59. The number of nitrogens with one attached hydrogen (secondary N) is 1. The van der Waals surface area contributed by atoms with E-state index in [1.165, 1.54) is 12.8 Å². The molecule has 0 aromatic rings. The summed E-state index contributed by atoms with van der Waals surface area (Å²) in [6.45, 7) is 14.1. The van der Waals surface area contributed by atoms with E-state index in [1.807, 2.05) is 6.92 Å². The fourth-order valence-corrected chi connectivity index (χ4v) is 2.32. The van der Waals surface area contributed by atoms with Crippen molar-refractivity contribution in [2.45, 2.75) is 65.1 Å². The predicted octanol–water partition coefficient (Wildman–Crippen LogP) is 1.86. The molecule has 3 nitrogen and oxygen atoms in total. The first-order chi connectivity index (χ1) is 7.79. The van der Waals surface area contributed by atoms with Crippen LogP contribution >= 0.6 is 0 Å². The Morgan fingerprint density at radius 3 is 2.18 bits per heavy atom. The number of aliphatic hydroxyl groups excluding tert-OH is 1. The molecule has 1 heterocycles. The van der Waals surface area contributed by atoms with Crippen LogP contribution in [0.4, 0.5) is 0 Å². The Bertz CT molecular complexity index is 215. The van der Waals surface area contributed by atoms with Gasteiger partial charge in [-0.2, -0.15) is 0 Å². The van der Waals surface area contributed by atoms with Gasteiger partial charge in [-0.3, -0.25) is 4.90 Å². The maximum atomic E-state index is 9.60. The van der Waals surface area contributed by atoms with E-state index < -0.39 is 0 Å². The molecule has 1 fully saturated rings. The molecule has 0 radical (unpaired) electrons. The molecule has 3 heteroatoms. The van der Waals surface area contributed by atoms with Gasteiger partial charge in [0.25, 0.3) is 0 Å². The molecule has 2 N–H and O–H groups in total. The maximum Gasteiger partial charge on any atom is 0.0664 e. The lowest BCUT2D eigenvalue weighted by Gasteiger charge is -2.38. The molecule has 0 bridgehead atoms. The topological polar surface area (TPSA) is 35.5 Å². The Balaban J connectivity index is 2.26. The molecular weight excluding hydrogens is 212 g/mol. The fraction of sp³-hybridized carbons (Fsp3) is 1.00. The molecule has 2 atom stereocenters. The highest BCUT2D eigenvalue weighted by Gasteiger charge is 2.25. The van der Waals surface area contributed by atoms with Crippen LogP contribution in [0.15, 0.2) is 0 Å². The van der Waals surface area contributed by atoms with E-state index in [0.29, 0.717) is 6.04 Å². The summed E-state index contributed by atoms with van der Waals surface area (Å²) in [7, 11) is 0. The quantitative estimate of drug-likeness (QED) is 0.790. The van der Waals surface area contributed by atoms with E-state index in [0.717, 1.165) is 25.6 Å². The van der Waals surface area contributed by atoms with E-state index in [9.17, 15) is 5.11 Å². The Hall–Kier alpha value is -0.120. The first kappa shape index (κ1) is 14.9. The highest BCUT2D eigenvalue weighted by molar-refractivity contribution is 4.81. The van der Waals surface area contributed by atoms with E-state index in [4.69, 9.17) is 0 Å². The highest BCUT2D eigenvalue weighted by Crippen LogP contribution is 2.20. The summed E-state index contributed by atoms with van der Waals surface area (Å²) < 4.78 is 0. The zero-order valence-electron chi connectivity index (χ0n) is 12.2. The van der Waals surface area contributed by atoms with Crippen molar-refractivity contribution in [3.8, 4) is 0 Å². The van der Waals surface area contributed by atoms with Crippen molar-refractivity contribution < 1.29 is 5.11 Å². The van der Waals surface area contributed by atoms with Crippen LogP contribution in [0.25, 0.3) is 0 Å². The van der Waals surface area contributed by atoms with Gasteiger partial charge < -0.3 is 10.4 Å². The zero-order chi connectivity index (χ0) is 13.1. The summed E-state index contributed by atoms with van der Waals surface area (Å²) in [5.41, 5.74) is 0.226. The molecule has 0 saturated carbocycles. The monoisotopic (exact) mass is 242 g/mol. The van der Waals surface area contributed by atoms with Gasteiger partial charge in [-0.05, 0) is 73.0 Å². The van der Waals surface area contributed by atoms with Crippen LogP contribution in [-0.4, -0.2) is 47.3 Å². The van der Waals surface area contributed by atoms with E-state index in [1.54, 1.807) is 0 Å². The first-order valence-corrected chi connectivity index (χ1v) is 6.97. The molecule has 0 aromatic heterocycles. The van der Waals surface area contributed by atoms with Gasteiger partial charge in [0, 0.05) is 11.6 Å². The second kappa shape index (κ2) is 6.17.